The van der Waals surface area contributed by atoms with Gasteiger partial charge in [-0.3, -0.25) is 19.1 Å². The Morgan fingerprint density at radius 2 is 1.71 bits per heavy atom. The number of amides is 2. The lowest BCUT2D eigenvalue weighted by Crippen LogP contribution is -2.48. The van der Waals surface area contributed by atoms with Crippen molar-refractivity contribution in [2.75, 3.05) is 6.54 Å². The zero-order valence-electron chi connectivity index (χ0n) is 34.4. The second-order valence-electron chi connectivity index (χ2n) is 17.8. The summed E-state index contributed by atoms with van der Waals surface area (Å²) in [5.41, 5.74) is -1.99. The first-order valence-electron chi connectivity index (χ1n) is 20.5. The minimum absolute atomic E-state index is 0.0182. The van der Waals surface area contributed by atoms with Crippen molar-refractivity contribution < 1.29 is 53.9 Å². The number of nitrogens with zero attached hydrogens (tertiary/aromatic N) is 3. The van der Waals surface area contributed by atoms with E-state index in [9.17, 15) is 40.4 Å². The lowest BCUT2D eigenvalue weighted by atomic mass is 9.76. The van der Waals surface area contributed by atoms with Gasteiger partial charge in [0.1, 0.15) is 28.8 Å². The number of fused-ring (bicyclic) bond motifs is 3. The molecular formula is C45H45F5N4O7S. The predicted octanol–water partition coefficient (Wildman–Crippen LogP) is 8.58. The number of hydrogen-bond acceptors (Lipinski definition) is 9. The van der Waals surface area contributed by atoms with E-state index >= 15 is 4.39 Å². The Morgan fingerprint density at radius 1 is 1.00 bits per heavy atom. The van der Waals surface area contributed by atoms with Crippen molar-refractivity contribution in [1.82, 2.24) is 19.6 Å². The number of halogens is 5. The maximum absolute atomic E-state index is 15.1. The highest BCUT2D eigenvalue weighted by Gasteiger charge is 2.62. The number of carbonyl (C=O) groups is 3. The van der Waals surface area contributed by atoms with Crippen LogP contribution in [0.2, 0.25) is 0 Å². The molecule has 2 aromatic heterocycles. The Morgan fingerprint density at radius 3 is 2.35 bits per heavy atom. The molecule has 328 valence electrons. The molecule has 1 N–H and O–H groups in total. The normalized spacial score (nSPS) is 22.2. The number of aromatic nitrogens is 2. The van der Waals surface area contributed by atoms with Crippen LogP contribution in [0.4, 0.5) is 22.0 Å². The fraction of sp³-hybridized carbons (Fsp3) is 0.444. The van der Waals surface area contributed by atoms with Gasteiger partial charge in [0.25, 0.3) is 5.88 Å². The van der Waals surface area contributed by atoms with Crippen LogP contribution in [0.5, 0.6) is 5.88 Å². The van der Waals surface area contributed by atoms with Crippen molar-refractivity contribution in [2.24, 2.45) is 22.7 Å². The Labute approximate surface area is 354 Å². The average molecular weight is 881 g/mol. The van der Waals surface area contributed by atoms with Crippen molar-refractivity contribution in [1.29, 1.82) is 0 Å². The number of ketones is 1. The van der Waals surface area contributed by atoms with Gasteiger partial charge in [-0.05, 0) is 85.0 Å². The number of furan rings is 1. The van der Waals surface area contributed by atoms with E-state index in [0.29, 0.717) is 35.7 Å². The first-order chi connectivity index (χ1) is 29.2. The number of carbonyl (C=O) groups excluding carboxylic acids is 3. The van der Waals surface area contributed by atoms with E-state index < -0.39 is 85.1 Å². The van der Waals surface area contributed by atoms with Gasteiger partial charge < -0.3 is 14.1 Å². The predicted molar refractivity (Wildman–Crippen MR) is 218 cm³/mol. The molecule has 0 spiro atoms. The third kappa shape index (κ3) is 8.39. The van der Waals surface area contributed by atoms with E-state index in [2.05, 4.69) is 14.7 Å². The summed E-state index contributed by atoms with van der Waals surface area (Å²) in [6, 6.07) is 13.0. The molecule has 3 aromatic carbocycles. The van der Waals surface area contributed by atoms with Crippen molar-refractivity contribution in [3.8, 4) is 17.3 Å². The Balaban J connectivity index is 1.16. The van der Waals surface area contributed by atoms with Crippen LogP contribution in [0.15, 0.2) is 71.1 Å². The maximum atomic E-state index is 15.1. The summed E-state index contributed by atoms with van der Waals surface area (Å²) in [6.45, 7) is 6.96. The van der Waals surface area contributed by atoms with Gasteiger partial charge in [0, 0.05) is 29.7 Å². The molecule has 5 atom stereocenters. The van der Waals surface area contributed by atoms with Gasteiger partial charge >= 0.3 is 6.18 Å². The molecule has 3 fully saturated rings. The highest BCUT2D eigenvalue weighted by atomic mass is 32.2. The van der Waals surface area contributed by atoms with Crippen molar-refractivity contribution in [3.63, 3.8) is 0 Å². The van der Waals surface area contributed by atoms with Gasteiger partial charge in [-0.25, -0.2) is 22.2 Å². The third-order valence-electron chi connectivity index (χ3n) is 12.5. The number of alkyl halides is 3. The quantitative estimate of drug-likeness (QED) is 0.115. The molecule has 5 aromatic rings. The molecule has 0 radical (unpaired) electrons. The average Bonchev–Trinajstić information content (AvgIpc) is 4.12. The van der Waals surface area contributed by atoms with E-state index in [1.807, 2.05) is 6.92 Å². The number of nitrogens with one attached hydrogen (secondary N) is 1. The second-order valence-corrected chi connectivity index (χ2v) is 19.8. The molecular weight excluding hydrogens is 836 g/mol. The molecule has 2 amide bonds. The van der Waals surface area contributed by atoms with Crippen LogP contribution in [-0.2, 0) is 37.0 Å². The number of para-hydroxylation sites is 1. The molecule has 62 heavy (non-hydrogen) atoms. The van der Waals surface area contributed by atoms with Gasteiger partial charge in [-0.15, -0.1) is 0 Å². The highest BCUT2D eigenvalue weighted by molar-refractivity contribution is 7.90. The molecule has 2 aliphatic carbocycles. The summed E-state index contributed by atoms with van der Waals surface area (Å²) in [4.78, 5) is 53.9. The van der Waals surface area contributed by atoms with E-state index in [1.165, 1.54) is 17.0 Å². The van der Waals surface area contributed by atoms with Crippen molar-refractivity contribution in [3.05, 3.63) is 89.5 Å². The number of likely N-dealkylation sites (tertiary alicyclic amines) is 1. The smallest absolute Gasteiger partial charge is 0.416 e. The number of rotatable bonds is 13. The minimum Gasteiger partial charge on any atom is -0.470 e. The summed E-state index contributed by atoms with van der Waals surface area (Å²) in [6.07, 6.45) is -4.58. The molecule has 2 saturated carbocycles. The largest absolute Gasteiger partial charge is 0.470 e. The van der Waals surface area contributed by atoms with Gasteiger partial charge in [-0.2, -0.15) is 18.2 Å². The lowest BCUT2D eigenvalue weighted by Gasteiger charge is -2.35. The van der Waals surface area contributed by atoms with Gasteiger partial charge in [0.15, 0.2) is 11.6 Å². The number of sulfonamides is 1. The van der Waals surface area contributed by atoms with Crippen LogP contribution in [-0.4, -0.2) is 64.8 Å². The lowest BCUT2D eigenvalue weighted by molar-refractivity contribution is -0.144. The maximum Gasteiger partial charge on any atom is 0.416 e. The van der Waals surface area contributed by atoms with E-state index in [1.54, 1.807) is 45.0 Å². The molecule has 3 heterocycles. The second kappa shape index (κ2) is 15.7. The summed E-state index contributed by atoms with van der Waals surface area (Å²) < 4.78 is 110. The third-order valence-corrected chi connectivity index (χ3v) is 14.3. The molecule has 0 unspecified atom stereocenters. The number of ether oxygens (including phenoxy) is 1. The van der Waals surface area contributed by atoms with Crippen LogP contribution in [0.25, 0.3) is 33.5 Å². The number of hydrogen-bond donors (Lipinski definition) is 1. The van der Waals surface area contributed by atoms with Crippen LogP contribution in [0.1, 0.15) is 77.3 Å². The zero-order valence-corrected chi connectivity index (χ0v) is 35.2. The molecule has 0 bridgehead atoms. The number of Topliss-reactive ketones (excluding diaryl/α,β-unsaturated/α-hetero) is 1. The van der Waals surface area contributed by atoms with Crippen molar-refractivity contribution >= 4 is 49.7 Å². The molecule has 8 rings (SSSR count). The first-order valence-corrected chi connectivity index (χ1v) is 22.1. The highest BCUT2D eigenvalue weighted by Crippen LogP contribution is 2.58. The van der Waals surface area contributed by atoms with Gasteiger partial charge in [0.05, 0.1) is 28.8 Å². The molecule has 1 aliphatic heterocycles. The van der Waals surface area contributed by atoms with E-state index in [4.69, 9.17) is 9.15 Å². The summed E-state index contributed by atoms with van der Waals surface area (Å²) in [7, 11) is -3.93. The Hall–Kier alpha value is -5.45. The Kier molecular flexibility index (Phi) is 11.0. The SMILES string of the molecule is CC[C@@H]1C[C@]1(CC(=O)[C@@H]1C[C@@H](Oc2nc(-c3ccc(C(F)(F)F)cc3)nc3c2oc2ccccc23)CN1C(=O)[C@@H](Cc1cc(F)ccc1F)C(C)(C)C)C(=O)NS(=O)(=O)C1CC1. The summed E-state index contributed by atoms with van der Waals surface area (Å²) >= 11 is 0. The van der Waals surface area contributed by atoms with Gasteiger partial charge in [-0.1, -0.05) is 58.4 Å². The fourth-order valence-corrected chi connectivity index (χ4v) is 10.1. The van der Waals surface area contributed by atoms with Crippen LogP contribution in [0.3, 0.4) is 0 Å². The monoisotopic (exact) mass is 880 g/mol. The summed E-state index contributed by atoms with van der Waals surface area (Å²) in [5, 5.41) is -0.102. The minimum atomic E-state index is -4.58. The standard InChI is InChI=1S/C45H45F5N4O7S/c1-5-26-21-44(26,42(57)53-62(58,59)30-15-16-30)22-35(55)34-20-29(23-54(34)41(56)32(43(2,3)4)19-25-18-28(46)14-17-33(25)47)60-40-38-37(31-8-6-7-9-36(31)61-38)51-39(52-40)24-10-12-27(13-11-24)45(48,49)50/h6-14,17-18,26,29-30,32,34H,5,15-16,19-23H2,1-4H3,(H,53,57)/t26-,29-,32-,34+,44-/m1/s1. The van der Waals surface area contributed by atoms with Crippen molar-refractivity contribution in [2.45, 2.75) is 96.2 Å². The Bertz CT molecular complexity index is 2700. The van der Waals surface area contributed by atoms with Crippen LogP contribution < -0.4 is 9.46 Å². The molecule has 1 saturated heterocycles. The summed E-state index contributed by atoms with van der Waals surface area (Å²) in [5.74, 6) is -4.57. The first kappa shape index (κ1) is 43.2. The van der Waals surface area contributed by atoms with E-state index in [-0.39, 0.29) is 66.6 Å². The van der Waals surface area contributed by atoms with E-state index in [0.717, 1.165) is 30.3 Å². The zero-order chi connectivity index (χ0) is 44.5. The van der Waals surface area contributed by atoms with Gasteiger partial charge in [0.2, 0.25) is 27.4 Å². The number of benzene rings is 3. The van der Waals surface area contributed by atoms with Crippen LogP contribution >= 0.6 is 0 Å². The molecule has 17 heteroatoms. The van der Waals surface area contributed by atoms with Crippen LogP contribution in [0, 0.1) is 34.3 Å². The molecule has 11 nitrogen and oxygen atoms in total. The fourth-order valence-electron chi connectivity index (χ4n) is 8.67. The topological polar surface area (TPSA) is 149 Å². The molecule has 3 aliphatic rings.